The molecular formula is C20H20BF3N2O2. The van der Waals surface area contributed by atoms with E-state index in [1.165, 1.54) is 6.92 Å². The molecule has 2 N–H and O–H groups in total. The number of alkyl halides is 3. The average Bonchev–Trinajstić information content (AvgIpc) is 2.68. The van der Waals surface area contributed by atoms with E-state index in [0.717, 1.165) is 0 Å². The minimum Gasteiger partial charge on any atom is -0.493 e. The van der Waals surface area contributed by atoms with Crippen LogP contribution in [-0.4, -0.2) is 30.9 Å². The maximum Gasteiger partial charge on any atom is 0.472 e. The summed E-state index contributed by atoms with van der Waals surface area (Å²) in [5.74, 6) is -1.02. The van der Waals surface area contributed by atoms with Crippen molar-refractivity contribution in [3.8, 4) is 0 Å². The lowest BCUT2D eigenvalue weighted by atomic mass is 9.37. The maximum absolute atomic E-state index is 14.0. The molecule has 0 aliphatic carbocycles. The highest BCUT2D eigenvalue weighted by Gasteiger charge is 2.52. The normalized spacial score (nSPS) is 16.2. The molecule has 2 aromatic rings. The average molecular weight is 388 g/mol. The van der Waals surface area contributed by atoms with Crippen LogP contribution in [-0.2, 0) is 9.53 Å². The third-order valence-corrected chi connectivity index (χ3v) is 4.78. The molecular weight excluding hydrogens is 368 g/mol. The van der Waals surface area contributed by atoms with E-state index >= 15 is 0 Å². The van der Waals surface area contributed by atoms with Crippen molar-refractivity contribution in [1.29, 1.82) is 0 Å². The Morgan fingerprint density at radius 3 is 1.96 bits per heavy atom. The van der Waals surface area contributed by atoms with Gasteiger partial charge in [-0.15, -0.1) is 10.9 Å². The van der Waals surface area contributed by atoms with Gasteiger partial charge in [0.1, 0.15) is 5.57 Å². The Morgan fingerprint density at radius 1 is 1.04 bits per heavy atom. The number of benzene rings is 2. The standard InChI is InChI=1S/C20H20BF3N2O2/c1-3-28-19(27)17-14(2)25-21(15-10-6-4-7-11-15,16-12-8-5-9-13-16)26-18(17)20(22,23)24/h4-13,25-26H,3H2,1-2H3. The van der Waals surface area contributed by atoms with Gasteiger partial charge in [-0.2, -0.15) is 13.2 Å². The monoisotopic (exact) mass is 388 g/mol. The third-order valence-electron chi connectivity index (χ3n) is 4.78. The number of nitrogens with one attached hydrogen (secondary N) is 2. The van der Waals surface area contributed by atoms with Crippen LogP contribution in [0.1, 0.15) is 13.8 Å². The van der Waals surface area contributed by atoms with Crippen molar-refractivity contribution >= 4 is 29.0 Å². The van der Waals surface area contributed by atoms with Gasteiger partial charge < -0.3 is 14.9 Å². The number of carbonyl (C=O) groups is 1. The highest BCUT2D eigenvalue weighted by molar-refractivity contribution is 6.94. The van der Waals surface area contributed by atoms with Gasteiger partial charge in [-0.3, -0.25) is 0 Å². The van der Waals surface area contributed by atoms with Crippen molar-refractivity contribution < 1.29 is 27.6 Å². The first-order valence-electron chi connectivity index (χ1n) is 8.95. The van der Waals surface area contributed by atoms with Crippen molar-refractivity contribution in [2.75, 3.05) is 6.61 Å². The molecule has 0 spiro atoms. The molecule has 0 unspecified atom stereocenters. The molecule has 0 fully saturated rings. The summed E-state index contributed by atoms with van der Waals surface area (Å²) in [6, 6.07) is 17.7. The molecule has 3 rings (SSSR count). The van der Waals surface area contributed by atoms with E-state index in [9.17, 15) is 18.0 Å². The van der Waals surface area contributed by atoms with Crippen LogP contribution in [0.4, 0.5) is 13.2 Å². The molecule has 28 heavy (non-hydrogen) atoms. The highest BCUT2D eigenvalue weighted by atomic mass is 19.4. The van der Waals surface area contributed by atoms with Crippen LogP contribution in [0.3, 0.4) is 0 Å². The van der Waals surface area contributed by atoms with Crippen LogP contribution in [0.2, 0.25) is 0 Å². The van der Waals surface area contributed by atoms with Gasteiger partial charge in [0.15, 0.2) is 0 Å². The minimum atomic E-state index is -4.76. The molecule has 0 radical (unpaired) electrons. The quantitative estimate of drug-likeness (QED) is 0.601. The fourth-order valence-electron chi connectivity index (χ4n) is 3.60. The van der Waals surface area contributed by atoms with E-state index in [-0.39, 0.29) is 12.3 Å². The van der Waals surface area contributed by atoms with E-state index in [1.807, 2.05) is 0 Å². The minimum absolute atomic E-state index is 0.0194. The molecule has 146 valence electrons. The van der Waals surface area contributed by atoms with Crippen LogP contribution in [0, 0.1) is 0 Å². The van der Waals surface area contributed by atoms with Crippen molar-refractivity contribution in [3.05, 3.63) is 71.9 Å². The third kappa shape index (κ3) is 3.54. The van der Waals surface area contributed by atoms with Gasteiger partial charge in [-0.1, -0.05) is 60.7 Å². The predicted molar refractivity (Wildman–Crippen MR) is 102 cm³/mol. The second-order valence-electron chi connectivity index (χ2n) is 6.57. The predicted octanol–water partition coefficient (Wildman–Crippen LogP) is 0.767. The molecule has 1 aliphatic heterocycles. The van der Waals surface area contributed by atoms with Gasteiger partial charge in [-0.05, 0) is 19.5 Å². The summed E-state index contributed by atoms with van der Waals surface area (Å²) in [6.07, 6.45) is -7.02. The van der Waals surface area contributed by atoms with Gasteiger partial charge in [0.05, 0.1) is 6.61 Å². The number of esters is 1. The highest BCUT2D eigenvalue weighted by Crippen LogP contribution is 2.23. The number of hydrogen-bond acceptors (Lipinski definition) is 3. The number of carbonyl (C=O) groups excluding carboxylic acids is 1. The summed E-state index contributed by atoms with van der Waals surface area (Å²) in [7, 11) is 0. The fourth-order valence-corrected chi connectivity index (χ4v) is 3.60. The molecule has 2 aromatic carbocycles. The SMILES string of the molecule is CCOC(=O)C1=C(C)N[B-](c2ccccc2)(c2ccccc2)[NH+]=C1C(F)(F)F. The number of halogens is 3. The molecule has 8 heteroatoms. The Labute approximate surface area is 161 Å². The van der Waals surface area contributed by atoms with Gasteiger partial charge in [0.2, 0.25) is 5.71 Å². The fraction of sp³-hybridized carbons (Fsp3) is 0.200. The summed E-state index contributed by atoms with van der Waals surface area (Å²) in [5.41, 5.74) is -0.249. The van der Waals surface area contributed by atoms with Gasteiger partial charge in [-0.25, -0.2) is 4.79 Å². The molecule has 0 saturated carbocycles. The maximum atomic E-state index is 14.0. The molecule has 0 atom stereocenters. The largest absolute Gasteiger partial charge is 0.493 e. The lowest BCUT2D eigenvalue weighted by Gasteiger charge is -2.38. The van der Waals surface area contributed by atoms with Crippen LogP contribution in [0.5, 0.6) is 0 Å². The molecule has 0 amide bonds. The first-order chi connectivity index (χ1) is 13.3. The number of ether oxygens (including phenoxy) is 1. The number of rotatable bonds is 4. The summed E-state index contributed by atoms with van der Waals surface area (Å²) < 4.78 is 46.8. The van der Waals surface area contributed by atoms with E-state index in [1.54, 1.807) is 67.6 Å². The van der Waals surface area contributed by atoms with E-state index in [2.05, 4.69) is 10.1 Å². The Kier molecular flexibility index (Phi) is 5.31. The lowest BCUT2D eigenvalue weighted by molar-refractivity contribution is -0.323. The Hall–Kier alpha value is -3.03. The second kappa shape index (κ2) is 7.54. The van der Waals surface area contributed by atoms with Crippen LogP contribution in [0.15, 0.2) is 71.9 Å². The first-order valence-corrected chi connectivity index (χ1v) is 8.95. The van der Waals surface area contributed by atoms with E-state index < -0.39 is 29.8 Å². The molecule has 0 aromatic heterocycles. The summed E-state index contributed by atoms with van der Waals surface area (Å²) in [4.78, 5) is 14.9. The van der Waals surface area contributed by atoms with Gasteiger partial charge in [0, 0.05) is 0 Å². The zero-order chi connectivity index (χ0) is 20.4. The Bertz CT molecular complexity index is 886. The van der Waals surface area contributed by atoms with Crippen molar-refractivity contribution in [3.63, 3.8) is 0 Å². The molecule has 0 bridgehead atoms. The molecule has 1 heterocycles. The topological polar surface area (TPSA) is 52.3 Å². The zero-order valence-corrected chi connectivity index (χ0v) is 15.5. The van der Waals surface area contributed by atoms with Crippen molar-refractivity contribution in [2.45, 2.75) is 20.0 Å². The summed E-state index contributed by atoms with van der Waals surface area (Å²) in [5, 5.41) is 3.16. The first kappa shape index (κ1) is 19.7. The van der Waals surface area contributed by atoms with Gasteiger partial charge >= 0.3 is 18.6 Å². The summed E-state index contributed by atoms with van der Waals surface area (Å²) in [6.45, 7) is 2.99. The molecule has 1 aliphatic rings. The Morgan fingerprint density at radius 2 is 1.54 bits per heavy atom. The van der Waals surface area contributed by atoms with Crippen LogP contribution < -0.4 is 21.1 Å². The number of allylic oxidation sites excluding steroid dienone is 1. The smallest absolute Gasteiger partial charge is 0.472 e. The molecule has 0 saturated heterocycles. The van der Waals surface area contributed by atoms with Crippen LogP contribution in [0.25, 0.3) is 0 Å². The van der Waals surface area contributed by atoms with Crippen molar-refractivity contribution in [1.82, 2.24) is 5.23 Å². The van der Waals surface area contributed by atoms with E-state index in [0.29, 0.717) is 10.9 Å². The zero-order valence-electron chi connectivity index (χ0n) is 15.5. The van der Waals surface area contributed by atoms with Crippen LogP contribution >= 0.6 is 0 Å². The second-order valence-corrected chi connectivity index (χ2v) is 6.57. The number of hydrogen-bond donors (Lipinski definition) is 2. The van der Waals surface area contributed by atoms with Gasteiger partial charge in [0.25, 0.3) is 0 Å². The lowest BCUT2D eigenvalue weighted by Crippen LogP contribution is -3.06. The van der Waals surface area contributed by atoms with E-state index in [4.69, 9.17) is 4.74 Å². The van der Waals surface area contributed by atoms with Crippen molar-refractivity contribution in [2.24, 2.45) is 0 Å². The Balaban J connectivity index is 2.29. The summed E-state index contributed by atoms with van der Waals surface area (Å²) >= 11 is 0. The molecule has 4 nitrogen and oxygen atoms in total.